The molecule has 5 nitrogen and oxygen atoms in total. The van der Waals surface area contributed by atoms with E-state index in [9.17, 15) is 9.59 Å². The van der Waals surface area contributed by atoms with Gasteiger partial charge in [-0.15, -0.1) is 0 Å². The van der Waals surface area contributed by atoms with Crippen molar-refractivity contribution in [3.8, 4) is 0 Å². The van der Waals surface area contributed by atoms with Gasteiger partial charge in [-0.1, -0.05) is 13.3 Å². The number of nitrogens with zero attached hydrogens (tertiary/aromatic N) is 1. The third-order valence-corrected chi connectivity index (χ3v) is 4.31. The summed E-state index contributed by atoms with van der Waals surface area (Å²) in [5.74, 6) is -0.258. The molecule has 0 aliphatic carbocycles. The smallest absolute Gasteiger partial charge is 0.332 e. The van der Waals surface area contributed by atoms with Crippen LogP contribution in [0, 0.1) is 5.92 Å². The molecule has 1 N–H and O–H groups in total. The Labute approximate surface area is 113 Å². The van der Waals surface area contributed by atoms with Gasteiger partial charge in [0.25, 0.3) is 5.91 Å². The van der Waals surface area contributed by atoms with Crippen molar-refractivity contribution >= 4 is 11.9 Å². The number of carboxylic acids is 1. The zero-order chi connectivity index (χ0) is 13.8. The first-order valence-electron chi connectivity index (χ1n) is 7.29. The highest BCUT2D eigenvalue weighted by Gasteiger charge is 2.37. The van der Waals surface area contributed by atoms with Crippen molar-refractivity contribution in [2.45, 2.75) is 57.7 Å². The van der Waals surface area contributed by atoms with E-state index in [4.69, 9.17) is 9.84 Å². The van der Waals surface area contributed by atoms with Crippen LogP contribution in [0.1, 0.15) is 45.4 Å². The molecule has 3 unspecified atom stereocenters. The highest BCUT2D eigenvalue weighted by molar-refractivity contribution is 5.82. The van der Waals surface area contributed by atoms with Crippen molar-refractivity contribution in [2.24, 2.45) is 5.92 Å². The summed E-state index contributed by atoms with van der Waals surface area (Å²) < 4.78 is 5.34. The van der Waals surface area contributed by atoms with Crippen LogP contribution in [0.3, 0.4) is 0 Å². The van der Waals surface area contributed by atoms with Crippen molar-refractivity contribution in [3.05, 3.63) is 0 Å². The molecular weight excluding hydrogens is 246 g/mol. The van der Waals surface area contributed by atoms with E-state index in [0.717, 1.165) is 25.9 Å². The molecule has 108 valence electrons. The average molecular weight is 269 g/mol. The van der Waals surface area contributed by atoms with Gasteiger partial charge in [-0.05, 0) is 38.0 Å². The van der Waals surface area contributed by atoms with Crippen molar-refractivity contribution in [1.82, 2.24) is 4.90 Å². The van der Waals surface area contributed by atoms with E-state index in [1.807, 2.05) is 4.90 Å². The van der Waals surface area contributed by atoms with Gasteiger partial charge >= 0.3 is 5.97 Å². The third kappa shape index (κ3) is 3.47. The first-order chi connectivity index (χ1) is 9.11. The van der Waals surface area contributed by atoms with Gasteiger partial charge in [-0.2, -0.15) is 0 Å². The predicted octanol–water partition coefficient (Wildman–Crippen LogP) is 1.66. The lowest BCUT2D eigenvalue weighted by Crippen LogP contribution is -2.40. The Hall–Kier alpha value is -1.10. The Balaban J connectivity index is 1.88. The Bertz CT molecular complexity index is 344. The van der Waals surface area contributed by atoms with Gasteiger partial charge in [0.1, 0.15) is 6.10 Å². The molecule has 0 aromatic carbocycles. The minimum atomic E-state index is -0.961. The maximum absolute atomic E-state index is 12.3. The van der Waals surface area contributed by atoms with Gasteiger partial charge in [-0.25, -0.2) is 4.79 Å². The molecule has 0 aromatic heterocycles. The normalized spacial score (nSPS) is 32.1. The molecule has 0 bridgehead atoms. The maximum atomic E-state index is 12.3. The monoisotopic (exact) mass is 269 g/mol. The molecular formula is C14H23NO4. The van der Waals surface area contributed by atoms with E-state index in [-0.39, 0.29) is 5.91 Å². The second-order valence-corrected chi connectivity index (χ2v) is 5.56. The zero-order valence-electron chi connectivity index (χ0n) is 11.5. The number of carbonyl (C=O) groups excluding carboxylic acids is 1. The van der Waals surface area contributed by atoms with E-state index in [0.29, 0.717) is 18.8 Å². The highest BCUT2D eigenvalue weighted by atomic mass is 16.5. The molecule has 1 amide bonds. The summed E-state index contributed by atoms with van der Waals surface area (Å²) in [6, 6.07) is 0. The minimum absolute atomic E-state index is 0.0134. The summed E-state index contributed by atoms with van der Waals surface area (Å²) in [4.78, 5) is 25.0. The highest BCUT2D eigenvalue weighted by Crippen LogP contribution is 2.25. The van der Waals surface area contributed by atoms with Gasteiger partial charge in [0.05, 0.1) is 0 Å². The number of carbonyl (C=O) groups is 2. The van der Waals surface area contributed by atoms with Crippen LogP contribution in [-0.4, -0.2) is 47.2 Å². The van der Waals surface area contributed by atoms with E-state index >= 15 is 0 Å². The van der Waals surface area contributed by atoms with Gasteiger partial charge < -0.3 is 14.7 Å². The number of likely N-dealkylation sites (tertiary alicyclic amines) is 1. The lowest BCUT2D eigenvalue weighted by Gasteiger charge is -2.23. The third-order valence-electron chi connectivity index (χ3n) is 4.31. The van der Waals surface area contributed by atoms with Crippen LogP contribution in [0.4, 0.5) is 0 Å². The number of hydrogen-bond donors (Lipinski definition) is 1. The number of rotatable bonds is 3. The average Bonchev–Trinajstić information content (AvgIpc) is 2.77. The largest absolute Gasteiger partial charge is 0.479 e. The second-order valence-electron chi connectivity index (χ2n) is 5.56. The van der Waals surface area contributed by atoms with Crippen LogP contribution in [0.25, 0.3) is 0 Å². The van der Waals surface area contributed by atoms with Gasteiger partial charge in [-0.3, -0.25) is 4.79 Å². The minimum Gasteiger partial charge on any atom is -0.479 e. The van der Waals surface area contributed by atoms with Gasteiger partial charge in [0.15, 0.2) is 6.10 Å². The molecule has 3 atom stereocenters. The number of aliphatic carboxylic acids is 1. The van der Waals surface area contributed by atoms with Crippen LogP contribution in [-0.2, 0) is 14.3 Å². The first kappa shape index (κ1) is 14.3. The van der Waals surface area contributed by atoms with E-state index < -0.39 is 18.2 Å². The molecule has 2 aliphatic heterocycles. The summed E-state index contributed by atoms with van der Waals surface area (Å²) in [5, 5.41) is 8.88. The molecule has 2 heterocycles. The number of amides is 1. The Morgan fingerprint density at radius 1 is 1.16 bits per heavy atom. The molecule has 19 heavy (non-hydrogen) atoms. The van der Waals surface area contributed by atoms with Crippen LogP contribution >= 0.6 is 0 Å². The van der Waals surface area contributed by atoms with Crippen molar-refractivity contribution in [2.75, 3.05) is 13.1 Å². The Morgan fingerprint density at radius 3 is 2.53 bits per heavy atom. The summed E-state index contributed by atoms with van der Waals surface area (Å²) >= 11 is 0. The molecule has 0 radical (unpaired) electrons. The van der Waals surface area contributed by atoms with Crippen molar-refractivity contribution in [3.63, 3.8) is 0 Å². The quantitative estimate of drug-likeness (QED) is 0.846. The number of hydrogen-bond acceptors (Lipinski definition) is 3. The van der Waals surface area contributed by atoms with Crippen LogP contribution in [0.2, 0.25) is 0 Å². The summed E-state index contributed by atoms with van der Waals surface area (Å²) in [5.41, 5.74) is 0. The Kier molecular flexibility index (Phi) is 4.80. The van der Waals surface area contributed by atoms with Crippen LogP contribution in [0.5, 0.6) is 0 Å². The fourth-order valence-corrected chi connectivity index (χ4v) is 3.00. The molecule has 2 rings (SSSR count). The first-order valence-corrected chi connectivity index (χ1v) is 7.29. The second kappa shape index (κ2) is 6.37. The van der Waals surface area contributed by atoms with Crippen molar-refractivity contribution < 1.29 is 19.4 Å². The fourth-order valence-electron chi connectivity index (χ4n) is 3.00. The number of ether oxygens (including phenoxy) is 1. The van der Waals surface area contributed by atoms with Crippen molar-refractivity contribution in [1.29, 1.82) is 0 Å². The van der Waals surface area contributed by atoms with Crippen LogP contribution < -0.4 is 0 Å². The lowest BCUT2D eigenvalue weighted by atomic mass is 9.98. The molecule has 5 heteroatoms. The van der Waals surface area contributed by atoms with E-state index in [1.54, 1.807) is 0 Å². The summed E-state index contributed by atoms with van der Waals surface area (Å²) in [6.45, 7) is 3.77. The maximum Gasteiger partial charge on any atom is 0.332 e. The number of carboxylic acid groups (broad SMARTS) is 1. The molecule has 0 saturated carbocycles. The molecule has 0 aromatic rings. The molecule has 2 aliphatic rings. The summed E-state index contributed by atoms with van der Waals surface area (Å²) in [7, 11) is 0. The topological polar surface area (TPSA) is 66.8 Å². The van der Waals surface area contributed by atoms with E-state index in [2.05, 4.69) is 6.92 Å². The van der Waals surface area contributed by atoms with Gasteiger partial charge in [0, 0.05) is 13.1 Å². The fraction of sp³-hybridized carbons (Fsp3) is 0.857. The zero-order valence-corrected chi connectivity index (χ0v) is 11.5. The molecule has 2 saturated heterocycles. The van der Waals surface area contributed by atoms with E-state index in [1.165, 1.54) is 12.8 Å². The van der Waals surface area contributed by atoms with Gasteiger partial charge in [0.2, 0.25) is 0 Å². The standard InChI is InChI=1S/C14H23NO4/c1-2-10-4-3-8-15(9-7-10)13(16)11-5-6-12(19-11)14(17)18/h10-12H,2-9H2,1H3,(H,17,18). The molecule has 2 fully saturated rings. The summed E-state index contributed by atoms with van der Waals surface area (Å²) in [6.07, 6.45) is 4.08. The Morgan fingerprint density at radius 2 is 1.89 bits per heavy atom. The SMILES string of the molecule is CCC1CCCN(C(=O)C2CCC(C(=O)O)O2)CC1. The van der Waals surface area contributed by atoms with Crippen LogP contribution in [0.15, 0.2) is 0 Å². The predicted molar refractivity (Wildman–Crippen MR) is 69.7 cm³/mol. The lowest BCUT2D eigenvalue weighted by molar-refractivity contribution is -0.154. The molecule has 0 spiro atoms.